The van der Waals surface area contributed by atoms with Gasteiger partial charge in [-0.25, -0.2) is 0 Å². The van der Waals surface area contributed by atoms with E-state index in [1.807, 2.05) is 12.1 Å². The van der Waals surface area contributed by atoms with Crippen LogP contribution in [0.3, 0.4) is 0 Å². The maximum atomic E-state index is 11.3. The van der Waals surface area contributed by atoms with Gasteiger partial charge in [-0.05, 0) is 28.7 Å². The zero-order valence-corrected chi connectivity index (χ0v) is 14.3. The average molecular weight is 411 g/mol. The summed E-state index contributed by atoms with van der Waals surface area (Å²) in [4.78, 5) is 6.62. The van der Waals surface area contributed by atoms with E-state index in [4.69, 9.17) is 14.3 Å². The van der Waals surface area contributed by atoms with Gasteiger partial charge in [-0.3, -0.25) is 8.99 Å². The van der Waals surface area contributed by atoms with E-state index in [9.17, 15) is 4.21 Å². The molecule has 0 bridgehead atoms. The van der Waals surface area contributed by atoms with Gasteiger partial charge >= 0.3 is 0 Å². The maximum absolute atomic E-state index is 11.3. The molecule has 1 fully saturated rings. The molecule has 20 heavy (non-hydrogen) atoms. The Bertz CT molecular complexity index is 559. The Morgan fingerprint density at radius 3 is 2.85 bits per heavy atom. The second kappa shape index (κ2) is 6.90. The lowest BCUT2D eigenvalue weighted by molar-refractivity contribution is 0.122. The number of ether oxygens (including phenoxy) is 2. The Labute approximate surface area is 133 Å². The van der Waals surface area contributed by atoms with Gasteiger partial charge in [-0.1, -0.05) is 0 Å². The molecule has 0 aliphatic carbocycles. The zero-order valence-electron chi connectivity index (χ0n) is 11.3. The van der Waals surface area contributed by atoms with Gasteiger partial charge in [0.25, 0.3) is 0 Å². The van der Waals surface area contributed by atoms with Crippen LogP contribution < -0.4 is 9.64 Å². The van der Waals surface area contributed by atoms with E-state index in [2.05, 4.69) is 32.5 Å². The molecule has 1 N–H and O–H groups in total. The third kappa shape index (κ3) is 5.06. The van der Waals surface area contributed by atoms with Crippen LogP contribution in [0.2, 0.25) is 0 Å². The van der Waals surface area contributed by atoms with Gasteiger partial charge < -0.3 is 14.4 Å². The van der Waals surface area contributed by atoms with Crippen LogP contribution in [0.5, 0.6) is 5.88 Å². The van der Waals surface area contributed by atoms with Crippen molar-refractivity contribution in [1.82, 2.24) is 4.98 Å². The summed E-state index contributed by atoms with van der Waals surface area (Å²) in [6.45, 7) is 3.30. The van der Waals surface area contributed by atoms with Gasteiger partial charge in [-0.15, -0.1) is 0 Å². The van der Waals surface area contributed by atoms with Gasteiger partial charge in [0.15, 0.2) is 0 Å². The van der Waals surface area contributed by atoms with Gasteiger partial charge in [0.2, 0.25) is 5.88 Å². The third-order valence-electron chi connectivity index (χ3n) is 2.81. The minimum Gasteiger partial charge on any atom is -0.477 e. The minimum atomic E-state index is -2.52. The Kier molecular flexibility index (Phi) is 5.44. The largest absolute Gasteiger partial charge is 0.477 e. The van der Waals surface area contributed by atoms with Crippen molar-refractivity contribution in [2.75, 3.05) is 49.8 Å². The normalized spacial score (nSPS) is 18.6. The fourth-order valence-electron chi connectivity index (χ4n) is 1.79. The summed E-state index contributed by atoms with van der Waals surface area (Å²) in [7, 11) is -2.52. The van der Waals surface area contributed by atoms with Crippen LogP contribution in [0.4, 0.5) is 5.82 Å². The number of morpholine rings is 1. The monoisotopic (exact) mass is 411 g/mol. The van der Waals surface area contributed by atoms with Crippen molar-refractivity contribution < 1.29 is 13.7 Å². The predicted octanol–water partition coefficient (Wildman–Crippen LogP) is 1.58. The van der Waals surface area contributed by atoms with E-state index >= 15 is 0 Å². The van der Waals surface area contributed by atoms with E-state index in [1.54, 1.807) is 0 Å². The highest BCUT2D eigenvalue weighted by molar-refractivity contribution is 14.1. The van der Waals surface area contributed by atoms with E-state index < -0.39 is 9.73 Å². The third-order valence-corrected chi connectivity index (χ3v) is 4.38. The molecule has 1 saturated heterocycles. The quantitative estimate of drug-likeness (QED) is 0.745. The van der Waals surface area contributed by atoms with Crippen LogP contribution in [0.25, 0.3) is 0 Å². The number of anilines is 1. The Morgan fingerprint density at radius 2 is 2.20 bits per heavy atom. The molecule has 0 aromatic carbocycles. The summed E-state index contributed by atoms with van der Waals surface area (Å²) in [6.07, 6.45) is 1.41. The number of nitrogens with zero attached hydrogens (tertiary/aromatic N) is 2. The van der Waals surface area contributed by atoms with E-state index in [0.717, 1.165) is 22.5 Å². The number of hydrogen-bond acceptors (Lipinski definition) is 6. The molecule has 1 aromatic heterocycles. The second-order valence-electron chi connectivity index (χ2n) is 4.64. The molecule has 6 nitrogen and oxygen atoms in total. The summed E-state index contributed by atoms with van der Waals surface area (Å²) in [5.41, 5.74) is 0. The first-order chi connectivity index (χ1) is 9.44. The SMILES string of the molecule is CS(=N)(=O)CCOc1cc(I)cc(N2CCOCC2)n1. The summed E-state index contributed by atoms with van der Waals surface area (Å²) in [5, 5.41) is 0. The summed E-state index contributed by atoms with van der Waals surface area (Å²) < 4.78 is 30.5. The fourth-order valence-corrected chi connectivity index (χ4v) is 2.74. The van der Waals surface area contributed by atoms with Crippen LogP contribution >= 0.6 is 22.6 Å². The molecule has 1 aliphatic heterocycles. The molecule has 0 amide bonds. The molecule has 0 saturated carbocycles. The lowest BCUT2D eigenvalue weighted by Crippen LogP contribution is -2.36. The summed E-state index contributed by atoms with van der Waals surface area (Å²) in [5.74, 6) is 1.60. The standard InChI is InChI=1S/C12H18IN3O3S/c1-20(14,17)7-6-19-12-9-10(13)8-11(15-12)16-2-4-18-5-3-16/h8-9,14H,2-7H2,1H3. The Hall–Kier alpha value is -0.610. The molecule has 2 rings (SSSR count). The van der Waals surface area contributed by atoms with Crippen molar-refractivity contribution in [3.63, 3.8) is 0 Å². The first-order valence-corrected chi connectivity index (χ1v) is 9.50. The number of nitrogens with one attached hydrogen (secondary N) is 1. The number of hydrogen-bond donors (Lipinski definition) is 1. The van der Waals surface area contributed by atoms with Crippen molar-refractivity contribution in [2.45, 2.75) is 0 Å². The topological polar surface area (TPSA) is 75.5 Å². The van der Waals surface area contributed by atoms with Gasteiger partial charge in [0.05, 0.1) is 19.0 Å². The molecule has 0 radical (unpaired) electrons. The number of halogens is 1. The summed E-state index contributed by atoms with van der Waals surface area (Å²) in [6, 6.07) is 3.85. The van der Waals surface area contributed by atoms with Gasteiger partial charge in [-0.2, -0.15) is 4.98 Å². The Morgan fingerprint density at radius 1 is 1.50 bits per heavy atom. The lowest BCUT2D eigenvalue weighted by Gasteiger charge is -2.28. The number of rotatable bonds is 5. The molecule has 8 heteroatoms. The fraction of sp³-hybridized carbons (Fsp3) is 0.583. The molecular weight excluding hydrogens is 393 g/mol. The van der Waals surface area contributed by atoms with Crippen molar-refractivity contribution in [3.8, 4) is 5.88 Å². The smallest absolute Gasteiger partial charge is 0.216 e. The molecule has 1 aliphatic rings. The predicted molar refractivity (Wildman–Crippen MR) is 87.1 cm³/mol. The van der Waals surface area contributed by atoms with E-state index in [-0.39, 0.29) is 12.4 Å². The Balaban J connectivity index is 2.04. The molecule has 1 unspecified atom stereocenters. The molecule has 1 aromatic rings. The van der Waals surface area contributed by atoms with Crippen LogP contribution in [-0.2, 0) is 14.5 Å². The van der Waals surface area contributed by atoms with Crippen molar-refractivity contribution in [1.29, 1.82) is 4.78 Å². The first-order valence-electron chi connectivity index (χ1n) is 6.28. The van der Waals surface area contributed by atoms with Crippen LogP contribution in [0.1, 0.15) is 0 Å². The maximum Gasteiger partial charge on any atom is 0.216 e. The highest BCUT2D eigenvalue weighted by atomic mass is 127. The first kappa shape index (κ1) is 15.8. The second-order valence-corrected chi connectivity index (χ2v) is 8.30. The molecule has 0 spiro atoms. The van der Waals surface area contributed by atoms with Crippen LogP contribution in [0, 0.1) is 8.35 Å². The lowest BCUT2D eigenvalue weighted by atomic mass is 10.3. The highest BCUT2D eigenvalue weighted by Gasteiger charge is 2.14. The number of pyridine rings is 1. The average Bonchev–Trinajstić information content (AvgIpc) is 2.37. The zero-order chi connectivity index (χ0) is 14.6. The van der Waals surface area contributed by atoms with Crippen molar-refractivity contribution in [2.24, 2.45) is 0 Å². The summed E-state index contributed by atoms with van der Waals surface area (Å²) >= 11 is 2.22. The molecule has 1 atom stereocenters. The number of aromatic nitrogens is 1. The van der Waals surface area contributed by atoms with Gasteiger partial charge in [0, 0.05) is 38.7 Å². The molecule has 112 valence electrons. The van der Waals surface area contributed by atoms with Crippen molar-refractivity contribution in [3.05, 3.63) is 15.7 Å². The van der Waals surface area contributed by atoms with E-state index in [0.29, 0.717) is 19.1 Å². The molecular formula is C12H18IN3O3S. The highest BCUT2D eigenvalue weighted by Crippen LogP contribution is 2.21. The van der Waals surface area contributed by atoms with Crippen LogP contribution in [0.15, 0.2) is 12.1 Å². The van der Waals surface area contributed by atoms with E-state index in [1.165, 1.54) is 6.26 Å². The molecule has 2 heterocycles. The van der Waals surface area contributed by atoms with Crippen LogP contribution in [-0.4, -0.2) is 54.1 Å². The minimum absolute atomic E-state index is 0.215. The van der Waals surface area contributed by atoms with Crippen molar-refractivity contribution >= 4 is 38.1 Å². The van der Waals surface area contributed by atoms with Gasteiger partial charge in [0.1, 0.15) is 12.4 Å².